The van der Waals surface area contributed by atoms with E-state index in [4.69, 9.17) is 0 Å². The lowest BCUT2D eigenvalue weighted by molar-refractivity contribution is -0.385. The Morgan fingerprint density at radius 1 is 1.39 bits per heavy atom. The molecule has 2 rings (SSSR count). The number of aromatic nitrogens is 2. The molecule has 6 nitrogen and oxygen atoms in total. The summed E-state index contributed by atoms with van der Waals surface area (Å²) in [6.45, 7) is 0.575. The fourth-order valence-electron chi connectivity index (χ4n) is 1.34. The largest absolute Gasteiger partial charge is 0.365 e. The van der Waals surface area contributed by atoms with Crippen LogP contribution >= 0.6 is 15.9 Å². The Morgan fingerprint density at radius 2 is 2.11 bits per heavy atom. The highest BCUT2D eigenvalue weighted by atomic mass is 79.9. The minimum atomic E-state index is -0.482. The molecule has 0 aliphatic rings. The van der Waals surface area contributed by atoms with Crippen molar-refractivity contribution in [1.29, 1.82) is 0 Å². The van der Waals surface area contributed by atoms with Gasteiger partial charge in [-0.25, -0.2) is 4.98 Å². The molecule has 0 amide bonds. The van der Waals surface area contributed by atoms with Gasteiger partial charge in [0.25, 0.3) is 5.69 Å². The first-order chi connectivity index (χ1) is 8.66. The summed E-state index contributed by atoms with van der Waals surface area (Å²) in [5, 5.41) is 13.6. The van der Waals surface area contributed by atoms with Gasteiger partial charge in [-0.05, 0) is 33.6 Å². The maximum Gasteiger partial charge on any atom is 0.288 e. The van der Waals surface area contributed by atoms with Crippen LogP contribution < -0.4 is 5.32 Å². The summed E-state index contributed by atoms with van der Waals surface area (Å²) in [5.41, 5.74) is 1.01. The molecule has 0 aliphatic carbocycles. The van der Waals surface area contributed by atoms with Crippen molar-refractivity contribution in [2.75, 3.05) is 5.32 Å². The Balaban J connectivity index is 2.08. The van der Waals surface area contributed by atoms with Crippen molar-refractivity contribution in [2.45, 2.75) is 6.54 Å². The number of hydrogen-bond acceptors (Lipinski definition) is 5. The van der Waals surface area contributed by atoms with Crippen LogP contribution in [0.4, 0.5) is 11.5 Å². The fraction of sp³-hybridized carbons (Fsp3) is 0.0909. The molecule has 0 radical (unpaired) electrons. The maximum atomic E-state index is 10.6. The van der Waals surface area contributed by atoms with E-state index in [0.29, 0.717) is 16.8 Å². The van der Waals surface area contributed by atoms with E-state index < -0.39 is 4.92 Å². The lowest BCUT2D eigenvalue weighted by Gasteiger charge is -2.06. The van der Waals surface area contributed by atoms with Gasteiger partial charge in [-0.3, -0.25) is 15.1 Å². The lowest BCUT2D eigenvalue weighted by Crippen LogP contribution is -2.02. The van der Waals surface area contributed by atoms with Crippen LogP contribution in [0.15, 0.2) is 41.3 Å². The molecule has 0 spiro atoms. The molecule has 7 heteroatoms. The number of halogens is 1. The molecule has 2 aromatic rings. The quantitative estimate of drug-likeness (QED) is 0.694. The smallest absolute Gasteiger partial charge is 0.288 e. The maximum absolute atomic E-state index is 10.6. The van der Waals surface area contributed by atoms with Crippen molar-refractivity contribution < 1.29 is 4.92 Å². The van der Waals surface area contributed by atoms with Crippen molar-refractivity contribution in [3.05, 3.63) is 56.9 Å². The first-order valence-electron chi connectivity index (χ1n) is 5.09. The molecule has 0 bridgehead atoms. The number of anilines is 1. The second kappa shape index (κ2) is 5.54. The molecule has 0 unspecified atom stereocenters. The predicted molar refractivity (Wildman–Crippen MR) is 70.2 cm³/mol. The Kier molecular flexibility index (Phi) is 3.83. The third kappa shape index (κ3) is 3.01. The zero-order valence-corrected chi connectivity index (χ0v) is 10.8. The molecule has 0 saturated carbocycles. The monoisotopic (exact) mass is 308 g/mol. The summed E-state index contributed by atoms with van der Waals surface area (Å²) in [6.07, 6.45) is 4.63. The predicted octanol–water partition coefficient (Wildman–Crippen LogP) is 2.76. The van der Waals surface area contributed by atoms with Gasteiger partial charge in [-0.2, -0.15) is 0 Å². The Hall–Kier alpha value is -2.02. The van der Waals surface area contributed by atoms with E-state index in [-0.39, 0.29) is 5.69 Å². The van der Waals surface area contributed by atoms with E-state index in [0.717, 1.165) is 5.56 Å². The van der Waals surface area contributed by atoms with Crippen LogP contribution in [-0.2, 0) is 6.54 Å². The molecule has 0 aromatic carbocycles. The third-order valence-corrected chi connectivity index (χ3v) is 2.85. The number of hydrogen-bond donors (Lipinski definition) is 1. The summed E-state index contributed by atoms with van der Waals surface area (Å²) in [5.74, 6) is 0.567. The van der Waals surface area contributed by atoms with Gasteiger partial charge >= 0.3 is 0 Å². The molecule has 1 N–H and O–H groups in total. The van der Waals surface area contributed by atoms with Crippen molar-refractivity contribution in [1.82, 2.24) is 9.97 Å². The second-order valence-electron chi connectivity index (χ2n) is 3.49. The molecule has 0 saturated heterocycles. The van der Waals surface area contributed by atoms with Gasteiger partial charge < -0.3 is 5.32 Å². The van der Waals surface area contributed by atoms with Crippen LogP contribution in [0.25, 0.3) is 0 Å². The average molecular weight is 309 g/mol. The standard InChI is InChI=1S/C11H9BrN4O2/c12-10-5-9(16(17)18)7-15-11(10)14-6-8-1-3-13-4-2-8/h1-5,7H,6H2,(H,14,15). The minimum Gasteiger partial charge on any atom is -0.365 e. The van der Waals surface area contributed by atoms with Gasteiger partial charge in [0.15, 0.2) is 0 Å². The number of rotatable bonds is 4. The van der Waals surface area contributed by atoms with Crippen molar-refractivity contribution >= 4 is 27.4 Å². The molecule has 0 atom stereocenters. The van der Waals surface area contributed by atoms with E-state index in [1.165, 1.54) is 12.3 Å². The zero-order chi connectivity index (χ0) is 13.0. The first kappa shape index (κ1) is 12.4. The SMILES string of the molecule is O=[N+]([O-])c1cnc(NCc2ccncc2)c(Br)c1. The van der Waals surface area contributed by atoms with Gasteiger partial charge in [0, 0.05) is 25.0 Å². The summed E-state index contributed by atoms with van der Waals surface area (Å²) < 4.78 is 0.561. The summed E-state index contributed by atoms with van der Waals surface area (Å²) in [4.78, 5) is 18.0. The van der Waals surface area contributed by atoms with E-state index >= 15 is 0 Å². The van der Waals surface area contributed by atoms with Crippen LogP contribution in [-0.4, -0.2) is 14.9 Å². The van der Waals surface area contributed by atoms with Crippen molar-refractivity contribution in [3.63, 3.8) is 0 Å². The van der Waals surface area contributed by atoms with Crippen LogP contribution in [0.5, 0.6) is 0 Å². The molecule has 18 heavy (non-hydrogen) atoms. The van der Waals surface area contributed by atoms with Crippen molar-refractivity contribution in [3.8, 4) is 0 Å². The third-order valence-electron chi connectivity index (χ3n) is 2.25. The Morgan fingerprint density at radius 3 is 2.72 bits per heavy atom. The molecule has 0 fully saturated rings. The summed E-state index contributed by atoms with van der Waals surface area (Å²) in [6, 6.07) is 5.18. The number of nitro groups is 1. The van der Waals surface area contributed by atoms with E-state index in [9.17, 15) is 10.1 Å². The number of pyridine rings is 2. The molecule has 0 aliphatic heterocycles. The van der Waals surface area contributed by atoms with Crippen LogP contribution in [0.1, 0.15) is 5.56 Å². The first-order valence-corrected chi connectivity index (χ1v) is 5.89. The molecule has 2 heterocycles. The number of nitrogens with one attached hydrogen (secondary N) is 1. The van der Waals surface area contributed by atoms with Crippen LogP contribution in [0.3, 0.4) is 0 Å². The fourth-order valence-corrected chi connectivity index (χ4v) is 1.82. The highest BCUT2D eigenvalue weighted by Gasteiger charge is 2.10. The normalized spacial score (nSPS) is 10.1. The van der Waals surface area contributed by atoms with Crippen LogP contribution in [0, 0.1) is 10.1 Å². The van der Waals surface area contributed by atoms with Crippen molar-refractivity contribution in [2.24, 2.45) is 0 Å². The second-order valence-corrected chi connectivity index (χ2v) is 4.34. The van der Waals surface area contributed by atoms with Gasteiger partial charge in [0.1, 0.15) is 12.0 Å². The van der Waals surface area contributed by atoms with E-state index in [2.05, 4.69) is 31.2 Å². The topological polar surface area (TPSA) is 81.0 Å². The molecule has 2 aromatic heterocycles. The van der Waals surface area contributed by atoms with Gasteiger partial charge in [-0.1, -0.05) is 0 Å². The van der Waals surface area contributed by atoms with E-state index in [1.807, 2.05) is 12.1 Å². The van der Waals surface area contributed by atoms with E-state index in [1.54, 1.807) is 12.4 Å². The number of nitrogens with zero attached hydrogens (tertiary/aromatic N) is 3. The molecular weight excluding hydrogens is 300 g/mol. The van der Waals surface area contributed by atoms with Gasteiger partial charge in [0.2, 0.25) is 0 Å². The van der Waals surface area contributed by atoms with Crippen LogP contribution in [0.2, 0.25) is 0 Å². The van der Waals surface area contributed by atoms with Gasteiger partial charge in [0.05, 0.1) is 9.40 Å². The van der Waals surface area contributed by atoms with Gasteiger partial charge in [-0.15, -0.1) is 0 Å². The minimum absolute atomic E-state index is 0.0451. The lowest BCUT2D eigenvalue weighted by atomic mass is 10.3. The zero-order valence-electron chi connectivity index (χ0n) is 9.21. The molecular formula is C11H9BrN4O2. The highest BCUT2D eigenvalue weighted by Crippen LogP contribution is 2.24. The average Bonchev–Trinajstić information content (AvgIpc) is 2.38. The summed E-state index contributed by atoms with van der Waals surface area (Å²) >= 11 is 3.25. The molecule has 92 valence electrons. The summed E-state index contributed by atoms with van der Waals surface area (Å²) in [7, 11) is 0. The Labute approximate surface area is 111 Å². The Bertz CT molecular complexity index is 562. The highest BCUT2D eigenvalue weighted by molar-refractivity contribution is 9.10.